The highest BCUT2D eigenvalue weighted by Crippen LogP contribution is 2.09. The minimum atomic E-state index is -1.08. The van der Waals surface area contributed by atoms with Crippen LogP contribution in [0.1, 0.15) is 15.5 Å². The van der Waals surface area contributed by atoms with E-state index in [0.717, 1.165) is 0 Å². The first-order valence-electron chi connectivity index (χ1n) is 5.14. The highest BCUT2D eigenvalue weighted by Gasteiger charge is 2.09. The third-order valence-electron chi connectivity index (χ3n) is 1.87. The number of carboxylic acids is 1. The number of aromatic nitrogens is 1. The fourth-order valence-electron chi connectivity index (χ4n) is 1.02. The summed E-state index contributed by atoms with van der Waals surface area (Å²) in [6.45, 7) is 0.928. The molecule has 1 rings (SSSR count). The Morgan fingerprint density at radius 2 is 2.28 bits per heavy atom. The summed E-state index contributed by atoms with van der Waals surface area (Å²) in [5, 5.41) is 13.2. The molecule has 8 heteroatoms. The third-order valence-corrected chi connectivity index (χ3v) is 2.72. The van der Waals surface area contributed by atoms with Crippen molar-refractivity contribution in [3.05, 3.63) is 16.1 Å². The van der Waals surface area contributed by atoms with Gasteiger partial charge in [0.1, 0.15) is 11.6 Å². The number of rotatable bonds is 8. The van der Waals surface area contributed by atoms with Crippen molar-refractivity contribution in [3.63, 3.8) is 0 Å². The molecule has 0 spiro atoms. The maximum Gasteiger partial charge on any atom is 0.355 e. The Hall–Kier alpha value is -1.51. The predicted octanol–water partition coefficient (Wildman–Crippen LogP) is 0.121. The second kappa shape index (κ2) is 7.75. The summed E-state index contributed by atoms with van der Waals surface area (Å²) in [5.74, 6) is -1.36. The van der Waals surface area contributed by atoms with E-state index in [-0.39, 0.29) is 24.8 Å². The number of thiazole rings is 1. The number of carbonyl (C=O) groups is 2. The van der Waals surface area contributed by atoms with Crippen LogP contribution in [0.2, 0.25) is 0 Å². The van der Waals surface area contributed by atoms with E-state index in [1.807, 2.05) is 0 Å². The van der Waals surface area contributed by atoms with Gasteiger partial charge in [-0.2, -0.15) is 0 Å². The highest BCUT2D eigenvalue weighted by molar-refractivity contribution is 7.09. The van der Waals surface area contributed by atoms with Crippen molar-refractivity contribution in [1.29, 1.82) is 0 Å². The summed E-state index contributed by atoms with van der Waals surface area (Å²) in [7, 11) is 1.55. The number of nitrogens with zero attached hydrogens (tertiary/aromatic N) is 1. The van der Waals surface area contributed by atoms with Gasteiger partial charge >= 0.3 is 5.97 Å². The molecule has 1 heterocycles. The van der Waals surface area contributed by atoms with Gasteiger partial charge in [-0.05, 0) is 0 Å². The predicted molar refractivity (Wildman–Crippen MR) is 63.6 cm³/mol. The molecular weight excluding hydrogens is 260 g/mol. The molecule has 1 aromatic rings. The smallest absolute Gasteiger partial charge is 0.355 e. The van der Waals surface area contributed by atoms with Crippen molar-refractivity contribution < 1.29 is 24.2 Å². The minimum Gasteiger partial charge on any atom is -0.476 e. The summed E-state index contributed by atoms with van der Waals surface area (Å²) in [4.78, 5) is 25.7. The van der Waals surface area contributed by atoms with Gasteiger partial charge in [0.25, 0.3) is 0 Å². The van der Waals surface area contributed by atoms with Gasteiger partial charge in [0, 0.05) is 12.5 Å². The molecule has 0 aromatic carbocycles. The molecule has 0 fully saturated rings. The van der Waals surface area contributed by atoms with E-state index in [2.05, 4.69) is 10.3 Å². The average molecular weight is 274 g/mol. The van der Waals surface area contributed by atoms with Gasteiger partial charge in [-0.3, -0.25) is 4.79 Å². The summed E-state index contributed by atoms with van der Waals surface area (Å²) in [5.41, 5.74) is -0.0133. The summed E-state index contributed by atoms with van der Waals surface area (Å²) in [6, 6.07) is 0. The topological polar surface area (TPSA) is 97.8 Å². The normalized spacial score (nSPS) is 10.3. The van der Waals surface area contributed by atoms with Crippen molar-refractivity contribution in [2.45, 2.75) is 6.54 Å². The highest BCUT2D eigenvalue weighted by atomic mass is 32.1. The molecular formula is C10H14N2O5S. The van der Waals surface area contributed by atoms with E-state index < -0.39 is 5.97 Å². The summed E-state index contributed by atoms with van der Waals surface area (Å²) >= 11 is 1.18. The largest absolute Gasteiger partial charge is 0.476 e. The third kappa shape index (κ3) is 5.21. The summed E-state index contributed by atoms with van der Waals surface area (Å²) in [6.07, 6.45) is 0. The van der Waals surface area contributed by atoms with Gasteiger partial charge in [0.05, 0.1) is 19.8 Å². The van der Waals surface area contributed by atoms with Gasteiger partial charge in [0.2, 0.25) is 5.91 Å². The van der Waals surface area contributed by atoms with Crippen LogP contribution in [0.3, 0.4) is 0 Å². The Morgan fingerprint density at radius 1 is 1.50 bits per heavy atom. The van der Waals surface area contributed by atoms with Crippen LogP contribution in [0.4, 0.5) is 0 Å². The Labute approximate surface area is 108 Å². The lowest BCUT2D eigenvalue weighted by atomic mass is 10.5. The SMILES string of the molecule is COCCOCC(=O)NCc1nc(C(=O)O)cs1. The standard InChI is InChI=1S/C10H14N2O5S/c1-16-2-3-17-5-8(13)11-4-9-12-7(6-18-9)10(14)15/h6H,2-5H2,1H3,(H,11,13)(H,14,15). The number of aromatic carboxylic acids is 1. The molecule has 0 bridgehead atoms. The van der Waals surface area contributed by atoms with E-state index in [9.17, 15) is 9.59 Å². The Kier molecular flexibility index (Phi) is 6.26. The molecule has 7 nitrogen and oxygen atoms in total. The van der Waals surface area contributed by atoms with Crippen molar-refractivity contribution >= 4 is 23.2 Å². The number of methoxy groups -OCH3 is 1. The second-order valence-electron chi connectivity index (χ2n) is 3.25. The zero-order valence-electron chi connectivity index (χ0n) is 9.84. The van der Waals surface area contributed by atoms with Crippen LogP contribution in [-0.4, -0.2) is 48.9 Å². The van der Waals surface area contributed by atoms with E-state index >= 15 is 0 Å². The van der Waals surface area contributed by atoms with Gasteiger partial charge in [-0.1, -0.05) is 0 Å². The number of carboxylic acid groups (broad SMARTS) is 1. The van der Waals surface area contributed by atoms with Crippen LogP contribution in [-0.2, 0) is 20.8 Å². The molecule has 0 aliphatic carbocycles. The minimum absolute atomic E-state index is 0.0133. The molecule has 2 N–H and O–H groups in total. The fourth-order valence-corrected chi connectivity index (χ4v) is 1.73. The zero-order chi connectivity index (χ0) is 13.4. The average Bonchev–Trinajstić information content (AvgIpc) is 2.81. The number of ether oxygens (including phenoxy) is 2. The first-order chi connectivity index (χ1) is 8.63. The second-order valence-corrected chi connectivity index (χ2v) is 4.20. The summed E-state index contributed by atoms with van der Waals surface area (Å²) < 4.78 is 9.78. The van der Waals surface area contributed by atoms with Crippen molar-refractivity contribution in [2.75, 3.05) is 26.9 Å². The van der Waals surface area contributed by atoms with Crippen LogP contribution < -0.4 is 5.32 Å². The van der Waals surface area contributed by atoms with Crippen molar-refractivity contribution in [2.24, 2.45) is 0 Å². The van der Waals surface area contributed by atoms with Crippen LogP contribution in [0, 0.1) is 0 Å². The molecule has 100 valence electrons. The molecule has 0 unspecified atom stereocenters. The monoisotopic (exact) mass is 274 g/mol. The Morgan fingerprint density at radius 3 is 2.89 bits per heavy atom. The van der Waals surface area contributed by atoms with E-state index in [1.54, 1.807) is 7.11 Å². The number of amides is 1. The molecule has 18 heavy (non-hydrogen) atoms. The molecule has 0 saturated heterocycles. The lowest BCUT2D eigenvalue weighted by Gasteiger charge is -2.04. The van der Waals surface area contributed by atoms with Crippen LogP contribution in [0.25, 0.3) is 0 Å². The van der Waals surface area contributed by atoms with Crippen molar-refractivity contribution in [1.82, 2.24) is 10.3 Å². The molecule has 0 aliphatic rings. The molecule has 0 radical (unpaired) electrons. The molecule has 1 amide bonds. The Balaban J connectivity index is 2.23. The first-order valence-corrected chi connectivity index (χ1v) is 6.02. The quantitative estimate of drug-likeness (QED) is 0.653. The molecule has 0 aliphatic heterocycles. The van der Waals surface area contributed by atoms with Gasteiger partial charge in [-0.25, -0.2) is 9.78 Å². The first kappa shape index (κ1) is 14.6. The lowest BCUT2D eigenvalue weighted by Crippen LogP contribution is -2.27. The van der Waals surface area contributed by atoms with Gasteiger partial charge < -0.3 is 19.9 Å². The molecule has 0 atom stereocenters. The molecule has 0 saturated carbocycles. The van der Waals surface area contributed by atoms with Gasteiger partial charge in [-0.15, -0.1) is 11.3 Å². The Bertz CT molecular complexity index is 407. The van der Waals surface area contributed by atoms with E-state index in [1.165, 1.54) is 16.7 Å². The maximum atomic E-state index is 11.3. The fraction of sp³-hybridized carbons (Fsp3) is 0.500. The number of carbonyl (C=O) groups excluding carboxylic acids is 1. The number of nitrogens with one attached hydrogen (secondary N) is 1. The maximum absolute atomic E-state index is 11.3. The zero-order valence-corrected chi connectivity index (χ0v) is 10.7. The van der Waals surface area contributed by atoms with Crippen LogP contribution in [0.5, 0.6) is 0 Å². The number of hydrogen-bond acceptors (Lipinski definition) is 6. The van der Waals surface area contributed by atoms with Crippen molar-refractivity contribution in [3.8, 4) is 0 Å². The lowest BCUT2D eigenvalue weighted by molar-refractivity contribution is -0.126. The van der Waals surface area contributed by atoms with E-state index in [0.29, 0.717) is 18.2 Å². The molecule has 1 aromatic heterocycles. The van der Waals surface area contributed by atoms with Crippen LogP contribution in [0.15, 0.2) is 5.38 Å². The number of hydrogen-bond donors (Lipinski definition) is 2. The van der Waals surface area contributed by atoms with Crippen LogP contribution >= 0.6 is 11.3 Å². The van der Waals surface area contributed by atoms with Gasteiger partial charge in [0.15, 0.2) is 5.69 Å². The van der Waals surface area contributed by atoms with E-state index in [4.69, 9.17) is 14.6 Å².